The van der Waals surface area contributed by atoms with Gasteiger partial charge in [0.2, 0.25) is 0 Å². The van der Waals surface area contributed by atoms with Gasteiger partial charge in [-0.1, -0.05) is 76.8 Å². The molecule has 1 heterocycles. The molecule has 0 radical (unpaired) electrons. The van der Waals surface area contributed by atoms with E-state index in [-0.39, 0.29) is 6.03 Å². The number of allylic oxidation sites excluding steroid dienone is 1. The number of unbranched alkanes of at least 4 members (excludes halogenated alkanes) is 9. The highest BCUT2D eigenvalue weighted by Gasteiger charge is 2.12. The second kappa shape index (κ2) is 16.9. The van der Waals surface area contributed by atoms with E-state index < -0.39 is 0 Å². The zero-order valence-corrected chi connectivity index (χ0v) is 24.2. The summed E-state index contributed by atoms with van der Waals surface area (Å²) in [7, 11) is 1.63. The van der Waals surface area contributed by atoms with Crippen LogP contribution in [-0.4, -0.2) is 30.5 Å². The fraction of sp³-hybridized carbons (Fsp3) is 0.516. The van der Waals surface area contributed by atoms with Gasteiger partial charge in [0.1, 0.15) is 11.5 Å². The molecule has 0 atom stereocenters. The van der Waals surface area contributed by atoms with Gasteiger partial charge < -0.3 is 25.0 Å². The van der Waals surface area contributed by atoms with Gasteiger partial charge in [-0.05, 0) is 48.1 Å². The molecule has 2 aromatic rings. The van der Waals surface area contributed by atoms with Crippen molar-refractivity contribution in [1.82, 2.24) is 4.90 Å². The molecule has 2 amide bonds. The molecule has 7 heteroatoms. The molecule has 208 valence electrons. The third-order valence-corrected chi connectivity index (χ3v) is 7.61. The summed E-state index contributed by atoms with van der Waals surface area (Å²) < 4.78 is 11.4. The number of urea groups is 1. The number of methoxy groups -OCH3 is 1. The normalized spacial score (nSPS) is 12.8. The average molecular weight is 540 g/mol. The summed E-state index contributed by atoms with van der Waals surface area (Å²) in [6, 6.07) is 13.1. The van der Waals surface area contributed by atoms with Gasteiger partial charge in [0.25, 0.3) is 0 Å². The molecule has 0 aliphatic carbocycles. The minimum absolute atomic E-state index is 0.302. The van der Waals surface area contributed by atoms with Crippen LogP contribution in [0, 0.1) is 0 Å². The molecule has 0 spiro atoms. The number of ether oxygens (including phenoxy) is 2. The number of anilines is 2. The van der Waals surface area contributed by atoms with Crippen molar-refractivity contribution in [2.45, 2.75) is 84.6 Å². The van der Waals surface area contributed by atoms with Crippen LogP contribution in [0.3, 0.4) is 0 Å². The number of nitrogens with one attached hydrogen (secondary N) is 2. The lowest BCUT2D eigenvalue weighted by molar-refractivity contribution is 0.261. The average Bonchev–Trinajstić information content (AvgIpc) is 3.32. The van der Waals surface area contributed by atoms with Crippen LogP contribution >= 0.6 is 11.8 Å². The SMILES string of the molecule is CCCCCCCCCCCCOc1cc(OC)ccc1NC(=O)Nc1cccc(CN2C=C(C)SC2)c1. The first-order valence-corrected chi connectivity index (χ1v) is 15.1. The second-order valence-corrected chi connectivity index (χ2v) is 11.1. The molecule has 0 saturated heterocycles. The van der Waals surface area contributed by atoms with Gasteiger partial charge in [-0.3, -0.25) is 0 Å². The molecule has 38 heavy (non-hydrogen) atoms. The monoisotopic (exact) mass is 539 g/mol. The summed E-state index contributed by atoms with van der Waals surface area (Å²) in [6.07, 6.45) is 15.0. The van der Waals surface area contributed by atoms with Crippen LogP contribution in [0.4, 0.5) is 16.2 Å². The minimum Gasteiger partial charge on any atom is -0.497 e. The van der Waals surface area contributed by atoms with Gasteiger partial charge in [-0.25, -0.2) is 4.79 Å². The Labute approximate surface area is 233 Å². The topological polar surface area (TPSA) is 62.8 Å². The van der Waals surface area contributed by atoms with Crippen molar-refractivity contribution >= 4 is 29.2 Å². The maximum absolute atomic E-state index is 12.8. The van der Waals surface area contributed by atoms with Gasteiger partial charge in [-0.2, -0.15) is 0 Å². The smallest absolute Gasteiger partial charge is 0.323 e. The van der Waals surface area contributed by atoms with Gasteiger partial charge in [-0.15, -0.1) is 11.8 Å². The first-order chi connectivity index (χ1) is 18.6. The zero-order valence-electron chi connectivity index (χ0n) is 23.4. The summed E-state index contributed by atoms with van der Waals surface area (Å²) in [5, 5.41) is 5.90. The highest BCUT2D eigenvalue weighted by molar-refractivity contribution is 8.03. The van der Waals surface area contributed by atoms with Crippen molar-refractivity contribution in [2.24, 2.45) is 0 Å². The van der Waals surface area contributed by atoms with Crippen LogP contribution in [0.5, 0.6) is 11.5 Å². The standard InChI is InChI=1S/C31H45N3O3S/c1-4-5-6-7-8-9-10-11-12-13-19-37-30-21-28(36-3)17-18-29(30)33-31(35)32-27-16-14-15-26(20-27)23-34-22-25(2)38-24-34/h14-18,20-22H,4-13,19,23-24H2,1-3H3,(H2,32,33,35). The summed E-state index contributed by atoms with van der Waals surface area (Å²) in [5.74, 6) is 2.28. The Balaban J connectivity index is 1.44. The maximum atomic E-state index is 12.8. The summed E-state index contributed by atoms with van der Waals surface area (Å²) in [4.78, 5) is 16.4. The molecule has 1 aliphatic rings. The second-order valence-electron chi connectivity index (χ2n) is 9.93. The lowest BCUT2D eigenvalue weighted by Gasteiger charge is -2.16. The lowest BCUT2D eigenvalue weighted by atomic mass is 10.1. The highest BCUT2D eigenvalue weighted by atomic mass is 32.2. The molecular formula is C31H45N3O3S. The van der Waals surface area contributed by atoms with E-state index in [1.807, 2.05) is 48.2 Å². The molecule has 3 rings (SSSR count). The molecule has 2 aromatic carbocycles. The van der Waals surface area contributed by atoms with E-state index in [4.69, 9.17) is 9.47 Å². The van der Waals surface area contributed by atoms with Crippen LogP contribution in [-0.2, 0) is 6.54 Å². The zero-order chi connectivity index (χ0) is 27.0. The predicted molar refractivity (Wildman–Crippen MR) is 161 cm³/mol. The van der Waals surface area contributed by atoms with Crippen molar-refractivity contribution in [3.8, 4) is 11.5 Å². The fourth-order valence-corrected chi connectivity index (χ4v) is 5.26. The van der Waals surface area contributed by atoms with E-state index in [0.29, 0.717) is 23.8 Å². The van der Waals surface area contributed by atoms with Crippen LogP contribution in [0.25, 0.3) is 0 Å². The molecule has 0 aromatic heterocycles. The summed E-state index contributed by atoms with van der Waals surface area (Å²) in [5.41, 5.74) is 2.54. The number of hydrogen-bond acceptors (Lipinski definition) is 5. The Hall–Kier alpha value is -2.80. The lowest BCUT2D eigenvalue weighted by Crippen LogP contribution is -2.20. The molecule has 6 nitrogen and oxygen atoms in total. The predicted octanol–water partition coefficient (Wildman–Crippen LogP) is 9.01. The van der Waals surface area contributed by atoms with Crippen molar-refractivity contribution in [2.75, 3.05) is 30.2 Å². The first kappa shape index (κ1) is 29.8. The highest BCUT2D eigenvalue weighted by Crippen LogP contribution is 2.30. The molecule has 2 N–H and O–H groups in total. The van der Waals surface area contributed by atoms with Gasteiger partial charge >= 0.3 is 6.03 Å². The largest absolute Gasteiger partial charge is 0.497 e. The summed E-state index contributed by atoms with van der Waals surface area (Å²) >= 11 is 1.84. The number of nitrogens with zero attached hydrogens (tertiary/aromatic N) is 1. The van der Waals surface area contributed by atoms with E-state index in [9.17, 15) is 4.79 Å². The van der Waals surface area contributed by atoms with E-state index in [1.54, 1.807) is 7.11 Å². The molecular weight excluding hydrogens is 494 g/mol. The number of benzene rings is 2. The number of carbonyl (C=O) groups excluding carboxylic acids is 1. The van der Waals surface area contributed by atoms with E-state index in [0.717, 1.165) is 36.5 Å². The van der Waals surface area contributed by atoms with Crippen LogP contribution < -0.4 is 20.1 Å². The van der Waals surface area contributed by atoms with Gasteiger partial charge in [0, 0.05) is 24.5 Å². The Bertz CT molecular complexity index is 1030. The van der Waals surface area contributed by atoms with Crippen LogP contribution in [0.2, 0.25) is 0 Å². The Kier molecular flexibility index (Phi) is 13.2. The number of carbonyl (C=O) groups is 1. The third kappa shape index (κ3) is 10.9. The van der Waals surface area contributed by atoms with Gasteiger partial charge in [0.15, 0.2) is 0 Å². The van der Waals surface area contributed by atoms with Crippen molar-refractivity contribution in [1.29, 1.82) is 0 Å². The quantitative estimate of drug-likeness (QED) is 0.196. The van der Waals surface area contributed by atoms with Gasteiger partial charge in [0.05, 0.1) is 25.3 Å². The van der Waals surface area contributed by atoms with Crippen molar-refractivity contribution in [3.05, 3.63) is 59.1 Å². The maximum Gasteiger partial charge on any atom is 0.323 e. The molecule has 1 aliphatic heterocycles. The van der Waals surface area contributed by atoms with Crippen LogP contribution in [0.1, 0.15) is 83.6 Å². The molecule has 0 unspecified atom stereocenters. The number of thioether (sulfide) groups is 1. The van der Waals surface area contributed by atoms with E-state index in [2.05, 4.69) is 41.6 Å². The number of amides is 2. The molecule has 0 fully saturated rings. The Morgan fingerprint density at radius 3 is 2.37 bits per heavy atom. The molecule has 0 saturated carbocycles. The number of rotatable bonds is 17. The number of hydrogen-bond donors (Lipinski definition) is 2. The minimum atomic E-state index is -0.302. The van der Waals surface area contributed by atoms with Crippen molar-refractivity contribution < 1.29 is 14.3 Å². The fourth-order valence-electron chi connectivity index (χ4n) is 4.50. The van der Waals surface area contributed by atoms with E-state index >= 15 is 0 Å². The Morgan fingerprint density at radius 1 is 0.947 bits per heavy atom. The third-order valence-electron chi connectivity index (χ3n) is 6.59. The van der Waals surface area contributed by atoms with Crippen LogP contribution in [0.15, 0.2) is 53.6 Å². The van der Waals surface area contributed by atoms with E-state index in [1.165, 1.54) is 56.3 Å². The summed E-state index contributed by atoms with van der Waals surface area (Å²) in [6.45, 7) is 5.82. The molecule has 0 bridgehead atoms. The van der Waals surface area contributed by atoms with Crippen molar-refractivity contribution in [3.63, 3.8) is 0 Å². The first-order valence-electron chi connectivity index (χ1n) is 14.1. The Morgan fingerprint density at radius 2 is 1.68 bits per heavy atom.